The van der Waals surface area contributed by atoms with E-state index >= 15 is 0 Å². The van der Waals surface area contributed by atoms with Crippen molar-refractivity contribution in [3.8, 4) is 5.75 Å². The van der Waals surface area contributed by atoms with Crippen LogP contribution in [0.5, 0.6) is 5.75 Å². The van der Waals surface area contributed by atoms with E-state index in [1.165, 1.54) is 6.42 Å². The van der Waals surface area contributed by atoms with E-state index in [2.05, 4.69) is 15.6 Å². The third kappa shape index (κ3) is 3.20. The number of nitrogens with one attached hydrogen (secondary N) is 2. The number of hydrogen-bond acceptors (Lipinski definition) is 4. The molecular formula is C13H19N3O2. The molecule has 1 saturated heterocycles. The van der Waals surface area contributed by atoms with Gasteiger partial charge in [0.25, 0.3) is 5.91 Å². The summed E-state index contributed by atoms with van der Waals surface area (Å²) in [6, 6.07) is 1.87. The number of pyridine rings is 1. The predicted molar refractivity (Wildman–Crippen MR) is 68.8 cm³/mol. The van der Waals surface area contributed by atoms with Gasteiger partial charge in [0.05, 0.1) is 18.9 Å². The molecule has 5 nitrogen and oxygen atoms in total. The molecule has 1 aromatic rings. The Morgan fingerprint density at radius 2 is 2.44 bits per heavy atom. The van der Waals surface area contributed by atoms with Crippen LogP contribution in [0.2, 0.25) is 0 Å². The fraction of sp³-hybridized carbons (Fsp3) is 0.538. The van der Waals surface area contributed by atoms with E-state index in [-0.39, 0.29) is 11.9 Å². The third-order valence-electron chi connectivity index (χ3n) is 3.13. The molecule has 2 heterocycles. The molecule has 1 aliphatic rings. The largest absolute Gasteiger partial charge is 0.494 e. The van der Waals surface area contributed by atoms with Gasteiger partial charge in [-0.3, -0.25) is 9.78 Å². The Balaban J connectivity index is 2.02. The Labute approximate surface area is 107 Å². The Hall–Kier alpha value is -1.62. The highest BCUT2D eigenvalue weighted by molar-refractivity contribution is 5.96. The molecule has 1 atom stereocenters. The fourth-order valence-corrected chi connectivity index (χ4v) is 2.14. The first kappa shape index (κ1) is 12.8. The van der Waals surface area contributed by atoms with Gasteiger partial charge in [-0.1, -0.05) is 6.42 Å². The van der Waals surface area contributed by atoms with E-state index in [9.17, 15) is 4.79 Å². The maximum absolute atomic E-state index is 12.2. The van der Waals surface area contributed by atoms with Crippen LogP contribution in [-0.2, 0) is 0 Å². The maximum Gasteiger partial charge on any atom is 0.255 e. The summed E-state index contributed by atoms with van der Waals surface area (Å²) in [6.45, 7) is 1.87. The van der Waals surface area contributed by atoms with Crippen molar-refractivity contribution in [1.82, 2.24) is 15.6 Å². The van der Waals surface area contributed by atoms with Crippen molar-refractivity contribution in [3.63, 3.8) is 0 Å². The zero-order chi connectivity index (χ0) is 12.8. The quantitative estimate of drug-likeness (QED) is 0.837. The van der Waals surface area contributed by atoms with E-state index in [1.807, 2.05) is 0 Å². The number of amides is 1. The van der Waals surface area contributed by atoms with Gasteiger partial charge in [-0.15, -0.1) is 0 Å². The molecule has 5 heteroatoms. The minimum Gasteiger partial charge on any atom is -0.494 e. The van der Waals surface area contributed by atoms with Gasteiger partial charge in [0.1, 0.15) is 5.75 Å². The van der Waals surface area contributed by atoms with Crippen LogP contribution in [0.3, 0.4) is 0 Å². The van der Waals surface area contributed by atoms with Crippen molar-refractivity contribution >= 4 is 5.91 Å². The maximum atomic E-state index is 12.2. The average Bonchev–Trinajstić information content (AvgIpc) is 2.67. The Kier molecular flexibility index (Phi) is 4.52. The second kappa shape index (κ2) is 6.35. The van der Waals surface area contributed by atoms with Crippen LogP contribution >= 0.6 is 0 Å². The normalized spacial score (nSPS) is 19.9. The molecule has 1 fully saturated rings. The number of nitrogens with zero attached hydrogens (tertiary/aromatic N) is 1. The van der Waals surface area contributed by atoms with Gasteiger partial charge in [0.2, 0.25) is 0 Å². The number of carbonyl (C=O) groups is 1. The average molecular weight is 249 g/mol. The van der Waals surface area contributed by atoms with Crippen molar-refractivity contribution in [1.29, 1.82) is 0 Å². The number of rotatable bonds is 3. The lowest BCUT2D eigenvalue weighted by molar-refractivity contribution is 0.0932. The molecule has 0 aromatic carbocycles. The van der Waals surface area contributed by atoms with Crippen molar-refractivity contribution in [2.75, 3.05) is 20.2 Å². The summed E-state index contributed by atoms with van der Waals surface area (Å²) in [4.78, 5) is 16.1. The van der Waals surface area contributed by atoms with Crippen LogP contribution in [0.25, 0.3) is 0 Å². The first-order chi connectivity index (χ1) is 8.81. The highest BCUT2D eigenvalue weighted by atomic mass is 16.5. The lowest BCUT2D eigenvalue weighted by Gasteiger charge is -2.17. The smallest absolute Gasteiger partial charge is 0.255 e. The molecule has 18 heavy (non-hydrogen) atoms. The number of aromatic nitrogens is 1. The number of methoxy groups -OCH3 is 1. The van der Waals surface area contributed by atoms with Crippen LogP contribution in [0.4, 0.5) is 0 Å². The first-order valence-electron chi connectivity index (χ1n) is 6.31. The Morgan fingerprint density at radius 1 is 1.56 bits per heavy atom. The van der Waals surface area contributed by atoms with Crippen molar-refractivity contribution in [2.24, 2.45) is 0 Å². The van der Waals surface area contributed by atoms with E-state index < -0.39 is 0 Å². The van der Waals surface area contributed by atoms with Crippen molar-refractivity contribution in [2.45, 2.75) is 25.3 Å². The molecule has 0 aliphatic carbocycles. The van der Waals surface area contributed by atoms with Crippen molar-refractivity contribution in [3.05, 3.63) is 24.0 Å². The van der Waals surface area contributed by atoms with Gasteiger partial charge in [0, 0.05) is 18.8 Å². The Morgan fingerprint density at radius 3 is 3.28 bits per heavy atom. The number of carbonyl (C=O) groups excluding carboxylic acids is 1. The first-order valence-corrected chi connectivity index (χ1v) is 6.31. The van der Waals surface area contributed by atoms with E-state index in [0.717, 1.165) is 25.9 Å². The molecule has 0 bridgehead atoms. The van der Waals surface area contributed by atoms with Gasteiger partial charge in [-0.25, -0.2) is 0 Å². The molecule has 1 aliphatic heterocycles. The molecule has 1 amide bonds. The molecular weight excluding hydrogens is 230 g/mol. The minimum atomic E-state index is -0.0945. The predicted octanol–water partition coefficient (Wildman–Crippen LogP) is 0.962. The SMILES string of the molecule is COc1cnccc1C(=O)NC1CCCCNC1. The van der Waals surface area contributed by atoms with Crippen LogP contribution in [-0.4, -0.2) is 37.1 Å². The van der Waals surface area contributed by atoms with Gasteiger partial charge in [-0.05, 0) is 25.5 Å². The zero-order valence-corrected chi connectivity index (χ0v) is 10.6. The molecule has 98 valence electrons. The van der Waals surface area contributed by atoms with Gasteiger partial charge in [-0.2, -0.15) is 0 Å². The molecule has 2 N–H and O–H groups in total. The number of hydrogen-bond donors (Lipinski definition) is 2. The minimum absolute atomic E-state index is 0.0945. The summed E-state index contributed by atoms with van der Waals surface area (Å²) in [7, 11) is 1.54. The summed E-state index contributed by atoms with van der Waals surface area (Å²) in [5, 5.41) is 6.37. The van der Waals surface area contributed by atoms with Crippen LogP contribution in [0.1, 0.15) is 29.6 Å². The van der Waals surface area contributed by atoms with Crippen LogP contribution in [0, 0.1) is 0 Å². The van der Waals surface area contributed by atoms with E-state index in [1.54, 1.807) is 25.6 Å². The summed E-state index contributed by atoms with van der Waals surface area (Å²) in [6.07, 6.45) is 6.49. The van der Waals surface area contributed by atoms with Crippen LogP contribution < -0.4 is 15.4 Å². The zero-order valence-electron chi connectivity index (χ0n) is 10.6. The number of ether oxygens (including phenoxy) is 1. The fourth-order valence-electron chi connectivity index (χ4n) is 2.14. The van der Waals surface area contributed by atoms with Gasteiger partial charge >= 0.3 is 0 Å². The van der Waals surface area contributed by atoms with Crippen LogP contribution in [0.15, 0.2) is 18.5 Å². The summed E-state index contributed by atoms with van der Waals surface area (Å²) in [5.41, 5.74) is 0.539. The van der Waals surface area contributed by atoms with E-state index in [0.29, 0.717) is 11.3 Å². The highest BCUT2D eigenvalue weighted by Crippen LogP contribution is 2.16. The highest BCUT2D eigenvalue weighted by Gasteiger charge is 2.17. The molecule has 0 saturated carbocycles. The molecule has 0 radical (unpaired) electrons. The third-order valence-corrected chi connectivity index (χ3v) is 3.13. The van der Waals surface area contributed by atoms with Crippen molar-refractivity contribution < 1.29 is 9.53 Å². The molecule has 2 rings (SSSR count). The summed E-state index contributed by atoms with van der Waals surface area (Å²) in [5.74, 6) is 0.416. The second-order valence-corrected chi connectivity index (χ2v) is 4.45. The lowest BCUT2D eigenvalue weighted by atomic mass is 10.1. The molecule has 0 spiro atoms. The lowest BCUT2D eigenvalue weighted by Crippen LogP contribution is -2.40. The topological polar surface area (TPSA) is 63.2 Å². The molecule has 1 aromatic heterocycles. The monoisotopic (exact) mass is 249 g/mol. The second-order valence-electron chi connectivity index (χ2n) is 4.45. The van der Waals surface area contributed by atoms with Gasteiger partial charge < -0.3 is 15.4 Å². The molecule has 1 unspecified atom stereocenters. The van der Waals surface area contributed by atoms with Gasteiger partial charge in [0.15, 0.2) is 0 Å². The summed E-state index contributed by atoms with van der Waals surface area (Å²) >= 11 is 0. The Bertz CT molecular complexity index is 401. The van der Waals surface area contributed by atoms with E-state index in [4.69, 9.17) is 4.74 Å². The standard InChI is InChI=1S/C13H19N3O2/c1-18-12-9-15-7-5-11(12)13(17)16-10-4-2-3-6-14-8-10/h5,7,9-10,14H,2-4,6,8H2,1H3,(H,16,17). The summed E-state index contributed by atoms with van der Waals surface area (Å²) < 4.78 is 5.14.